The van der Waals surface area contributed by atoms with E-state index in [0.717, 1.165) is 0 Å². The first-order valence-electron chi connectivity index (χ1n) is 6.38. The van der Waals surface area contributed by atoms with E-state index in [4.69, 9.17) is 4.89 Å². The van der Waals surface area contributed by atoms with E-state index in [1.54, 1.807) is 4.90 Å². The Morgan fingerprint density at radius 1 is 1.17 bits per heavy atom. The van der Waals surface area contributed by atoms with Crippen LogP contribution in [0.3, 0.4) is 0 Å². The van der Waals surface area contributed by atoms with Gasteiger partial charge in [0.2, 0.25) is 0 Å². The molecule has 0 saturated carbocycles. The van der Waals surface area contributed by atoms with E-state index in [-0.39, 0.29) is 24.6 Å². The predicted octanol–water partition coefficient (Wildman–Crippen LogP) is 3.10. The van der Waals surface area contributed by atoms with Gasteiger partial charge in [-0.1, -0.05) is 26.7 Å². The zero-order chi connectivity index (χ0) is 14.7. The van der Waals surface area contributed by atoms with Crippen LogP contribution in [0.25, 0.3) is 0 Å². The summed E-state index contributed by atoms with van der Waals surface area (Å²) in [5.41, 5.74) is 0. The fourth-order valence-corrected chi connectivity index (χ4v) is 1.58. The van der Waals surface area contributed by atoms with Gasteiger partial charge in [-0.3, -0.25) is 4.79 Å². The van der Waals surface area contributed by atoms with Crippen molar-refractivity contribution >= 4 is 14.2 Å². The third kappa shape index (κ3) is 10.6. The molecule has 5 nitrogen and oxygen atoms in total. The molecule has 0 aliphatic heterocycles. The van der Waals surface area contributed by atoms with Gasteiger partial charge in [-0.15, -0.1) is 9.42 Å². The lowest BCUT2D eigenvalue weighted by atomic mass is 10.2. The van der Waals surface area contributed by atoms with Crippen LogP contribution >= 0.6 is 8.25 Å². The van der Waals surface area contributed by atoms with Crippen LogP contribution in [0.15, 0.2) is 0 Å². The number of unbranched alkanes of at least 4 members (excludes halogenated alkanes) is 1. The molecule has 0 aliphatic carbocycles. The molecule has 0 aliphatic rings. The minimum absolute atomic E-state index is 0.0580. The SMILES string of the molecule is CC(C)N(C(=O)CO[P+](=O)O)C(C)C.CCCC. The highest BCUT2D eigenvalue weighted by atomic mass is 31.1. The van der Waals surface area contributed by atoms with Gasteiger partial charge in [-0.2, -0.15) is 0 Å². The van der Waals surface area contributed by atoms with Crippen LogP contribution in [-0.2, 0) is 13.9 Å². The molecule has 0 aromatic carbocycles. The van der Waals surface area contributed by atoms with Crippen LogP contribution in [0.5, 0.6) is 0 Å². The van der Waals surface area contributed by atoms with E-state index in [2.05, 4.69) is 18.4 Å². The zero-order valence-electron chi connectivity index (χ0n) is 12.3. The molecule has 6 heteroatoms. The molecule has 1 atom stereocenters. The van der Waals surface area contributed by atoms with E-state index in [9.17, 15) is 9.36 Å². The Kier molecular flexibility index (Phi) is 12.7. The molecular weight excluding hydrogens is 253 g/mol. The van der Waals surface area contributed by atoms with Gasteiger partial charge in [-0.05, 0) is 27.7 Å². The van der Waals surface area contributed by atoms with Crippen LogP contribution in [0.4, 0.5) is 0 Å². The summed E-state index contributed by atoms with van der Waals surface area (Å²) in [7, 11) is -2.69. The molecule has 0 rings (SSSR count). The third-order valence-electron chi connectivity index (χ3n) is 2.20. The largest absolute Gasteiger partial charge is 0.695 e. The van der Waals surface area contributed by atoms with Gasteiger partial charge in [0.25, 0.3) is 5.91 Å². The maximum atomic E-state index is 11.5. The molecule has 0 spiro atoms. The summed E-state index contributed by atoms with van der Waals surface area (Å²) >= 11 is 0. The minimum atomic E-state index is -2.69. The summed E-state index contributed by atoms with van der Waals surface area (Å²) in [5.74, 6) is -0.271. The number of hydrogen-bond donors (Lipinski definition) is 1. The van der Waals surface area contributed by atoms with Crippen LogP contribution in [0.2, 0.25) is 0 Å². The second kappa shape index (κ2) is 11.6. The van der Waals surface area contributed by atoms with Gasteiger partial charge in [0.15, 0.2) is 6.61 Å². The van der Waals surface area contributed by atoms with E-state index in [0.29, 0.717) is 0 Å². The Hall–Kier alpha value is -0.510. The van der Waals surface area contributed by atoms with E-state index < -0.39 is 8.25 Å². The number of nitrogens with zero attached hydrogens (tertiary/aromatic N) is 1. The molecule has 0 radical (unpaired) electrons. The van der Waals surface area contributed by atoms with Crippen molar-refractivity contribution in [2.45, 2.75) is 66.5 Å². The second-order valence-electron chi connectivity index (χ2n) is 4.50. The quantitative estimate of drug-likeness (QED) is 0.759. The number of carbonyl (C=O) groups is 1. The number of carbonyl (C=O) groups excluding carboxylic acids is 1. The first-order chi connectivity index (χ1) is 8.27. The fraction of sp³-hybridized carbons (Fsp3) is 0.917. The topological polar surface area (TPSA) is 66.8 Å². The average molecular weight is 280 g/mol. The summed E-state index contributed by atoms with van der Waals surface area (Å²) < 4.78 is 14.6. The van der Waals surface area contributed by atoms with Gasteiger partial charge in [0.05, 0.1) is 0 Å². The summed E-state index contributed by atoms with van der Waals surface area (Å²) in [4.78, 5) is 21.5. The second-order valence-corrected chi connectivity index (χ2v) is 5.23. The Bertz CT molecular complexity index is 234. The van der Waals surface area contributed by atoms with Crippen molar-refractivity contribution in [3.05, 3.63) is 0 Å². The van der Waals surface area contributed by atoms with E-state index >= 15 is 0 Å². The molecule has 0 heterocycles. The summed E-state index contributed by atoms with van der Waals surface area (Å²) in [5, 5.41) is 0. The Labute approximate surface area is 111 Å². The lowest BCUT2D eigenvalue weighted by Gasteiger charge is -2.29. The molecule has 0 bridgehead atoms. The lowest BCUT2D eigenvalue weighted by Crippen LogP contribution is -2.43. The van der Waals surface area contributed by atoms with Gasteiger partial charge < -0.3 is 4.90 Å². The van der Waals surface area contributed by atoms with E-state index in [1.165, 1.54) is 12.8 Å². The van der Waals surface area contributed by atoms with Crippen molar-refractivity contribution in [3.63, 3.8) is 0 Å². The highest BCUT2D eigenvalue weighted by molar-refractivity contribution is 7.32. The van der Waals surface area contributed by atoms with Crippen LogP contribution < -0.4 is 0 Å². The summed E-state index contributed by atoms with van der Waals surface area (Å²) in [6, 6.07) is 0.116. The number of rotatable bonds is 6. The smallest absolute Gasteiger partial charge is 0.336 e. The molecule has 0 aromatic rings. The Morgan fingerprint density at radius 3 is 1.78 bits per heavy atom. The first-order valence-corrected chi connectivity index (χ1v) is 7.51. The maximum absolute atomic E-state index is 11.5. The normalized spacial score (nSPS) is 11.1. The van der Waals surface area contributed by atoms with Gasteiger partial charge >= 0.3 is 8.25 Å². The maximum Gasteiger partial charge on any atom is 0.695 e. The molecule has 1 N–H and O–H groups in total. The number of amides is 1. The van der Waals surface area contributed by atoms with Crippen LogP contribution in [0, 0.1) is 0 Å². The third-order valence-corrected chi connectivity index (χ3v) is 2.55. The van der Waals surface area contributed by atoms with Crippen molar-refractivity contribution in [2.24, 2.45) is 0 Å². The highest BCUT2D eigenvalue weighted by Crippen LogP contribution is 2.15. The Balaban J connectivity index is 0. The van der Waals surface area contributed by atoms with Crippen molar-refractivity contribution < 1.29 is 18.8 Å². The zero-order valence-corrected chi connectivity index (χ0v) is 13.2. The number of hydrogen-bond acceptors (Lipinski definition) is 3. The molecule has 0 fully saturated rings. The Morgan fingerprint density at radius 2 is 1.56 bits per heavy atom. The van der Waals surface area contributed by atoms with Crippen LogP contribution in [-0.4, -0.2) is 34.4 Å². The lowest BCUT2D eigenvalue weighted by molar-refractivity contribution is -0.137. The standard InChI is InChI=1S/C8H16NO4P.C4H10/c1-6(2)9(7(3)4)8(10)5-13-14(11)12;1-3-4-2/h6-7H,5H2,1-4H3;3-4H2,1-2H3/p+1. The minimum Gasteiger partial charge on any atom is -0.336 e. The molecule has 18 heavy (non-hydrogen) atoms. The van der Waals surface area contributed by atoms with Crippen LogP contribution in [0.1, 0.15) is 54.4 Å². The van der Waals surface area contributed by atoms with Crippen molar-refractivity contribution in [1.29, 1.82) is 0 Å². The molecule has 0 saturated heterocycles. The average Bonchev–Trinajstić information content (AvgIpc) is 2.25. The highest BCUT2D eigenvalue weighted by Gasteiger charge is 2.24. The molecule has 108 valence electrons. The fourth-order valence-electron chi connectivity index (χ4n) is 1.36. The molecule has 1 amide bonds. The first kappa shape index (κ1) is 19.8. The summed E-state index contributed by atoms with van der Waals surface area (Å²) in [6.07, 6.45) is 2.64. The molecular formula is C12H27NO4P+. The summed E-state index contributed by atoms with van der Waals surface area (Å²) in [6.45, 7) is 11.6. The van der Waals surface area contributed by atoms with Crippen molar-refractivity contribution in [3.8, 4) is 0 Å². The molecule has 1 unspecified atom stereocenters. The van der Waals surface area contributed by atoms with Gasteiger partial charge in [0.1, 0.15) is 0 Å². The predicted molar refractivity (Wildman–Crippen MR) is 73.5 cm³/mol. The molecule has 0 aromatic heterocycles. The monoisotopic (exact) mass is 280 g/mol. The van der Waals surface area contributed by atoms with Crippen molar-refractivity contribution in [1.82, 2.24) is 4.90 Å². The van der Waals surface area contributed by atoms with Crippen molar-refractivity contribution in [2.75, 3.05) is 6.61 Å². The van der Waals surface area contributed by atoms with Gasteiger partial charge in [0, 0.05) is 16.6 Å². The van der Waals surface area contributed by atoms with Gasteiger partial charge in [-0.25, -0.2) is 0 Å². The van der Waals surface area contributed by atoms with E-state index in [1.807, 2.05) is 27.7 Å².